The van der Waals surface area contributed by atoms with Crippen LogP contribution in [0.1, 0.15) is 41.8 Å². The van der Waals surface area contributed by atoms with E-state index in [4.69, 9.17) is 5.73 Å². The first kappa shape index (κ1) is 18.5. The van der Waals surface area contributed by atoms with Crippen LogP contribution < -0.4 is 16.4 Å². The number of amides is 2. The van der Waals surface area contributed by atoms with Crippen molar-refractivity contribution in [2.24, 2.45) is 0 Å². The molecule has 132 valence electrons. The second kappa shape index (κ2) is 8.33. The van der Waals surface area contributed by atoms with Crippen molar-refractivity contribution in [3.05, 3.63) is 59.2 Å². The number of aryl methyl sites for hydroxylation is 2. The van der Waals surface area contributed by atoms with Crippen LogP contribution in [0.15, 0.2) is 42.5 Å². The molecule has 0 aliphatic carbocycles. The monoisotopic (exact) mass is 339 g/mol. The van der Waals surface area contributed by atoms with Crippen LogP contribution in [0.3, 0.4) is 0 Å². The van der Waals surface area contributed by atoms with E-state index in [9.17, 15) is 9.59 Å². The molecular weight excluding hydrogens is 314 g/mol. The number of para-hydroxylation sites is 1. The summed E-state index contributed by atoms with van der Waals surface area (Å²) in [5.41, 5.74) is 9.68. The molecule has 0 heterocycles. The average Bonchev–Trinajstić information content (AvgIpc) is 2.53. The highest BCUT2D eigenvalue weighted by molar-refractivity contribution is 5.97. The van der Waals surface area contributed by atoms with Crippen molar-refractivity contribution in [1.29, 1.82) is 0 Å². The summed E-state index contributed by atoms with van der Waals surface area (Å²) in [5.74, 6) is -0.188. The Labute approximate surface area is 148 Å². The summed E-state index contributed by atoms with van der Waals surface area (Å²) < 4.78 is 0. The van der Waals surface area contributed by atoms with Crippen molar-refractivity contribution in [3.63, 3.8) is 0 Å². The van der Waals surface area contributed by atoms with Gasteiger partial charge in [-0.3, -0.25) is 9.59 Å². The van der Waals surface area contributed by atoms with Gasteiger partial charge in [0, 0.05) is 29.4 Å². The maximum Gasteiger partial charge on any atom is 0.251 e. The predicted octanol–water partition coefficient (Wildman–Crippen LogP) is 3.29. The first-order chi connectivity index (χ1) is 11.9. The molecule has 4 N–H and O–H groups in total. The second-order valence-corrected chi connectivity index (χ2v) is 6.40. The van der Waals surface area contributed by atoms with Gasteiger partial charge < -0.3 is 16.4 Å². The summed E-state index contributed by atoms with van der Waals surface area (Å²) in [7, 11) is 0. The smallest absolute Gasteiger partial charge is 0.251 e. The fourth-order valence-corrected chi connectivity index (χ4v) is 2.57. The number of hydrogen-bond acceptors (Lipinski definition) is 3. The maximum absolute atomic E-state index is 12.1. The van der Waals surface area contributed by atoms with Crippen LogP contribution in [0.4, 0.5) is 11.4 Å². The third kappa shape index (κ3) is 5.35. The second-order valence-electron chi connectivity index (χ2n) is 6.40. The predicted molar refractivity (Wildman–Crippen MR) is 102 cm³/mol. The van der Waals surface area contributed by atoms with E-state index in [0.717, 1.165) is 11.1 Å². The lowest BCUT2D eigenvalue weighted by molar-refractivity contribution is -0.116. The van der Waals surface area contributed by atoms with Crippen LogP contribution in [0.25, 0.3) is 0 Å². The highest BCUT2D eigenvalue weighted by Gasteiger charge is 2.11. The van der Waals surface area contributed by atoms with Gasteiger partial charge in [0.25, 0.3) is 5.91 Å². The molecular formula is C20H25N3O2. The van der Waals surface area contributed by atoms with Crippen LogP contribution in [-0.2, 0) is 11.2 Å². The van der Waals surface area contributed by atoms with E-state index in [2.05, 4.69) is 10.6 Å². The Kier molecular flexibility index (Phi) is 6.17. The molecule has 0 aliphatic rings. The van der Waals surface area contributed by atoms with Crippen molar-refractivity contribution in [1.82, 2.24) is 5.32 Å². The molecule has 2 aromatic rings. The molecule has 2 aromatic carbocycles. The number of anilines is 2. The zero-order valence-electron chi connectivity index (χ0n) is 14.9. The van der Waals surface area contributed by atoms with Gasteiger partial charge in [0.15, 0.2) is 0 Å². The summed E-state index contributed by atoms with van der Waals surface area (Å²) >= 11 is 0. The Morgan fingerprint density at radius 3 is 2.48 bits per heavy atom. The number of rotatable bonds is 6. The number of nitrogens with two attached hydrogens (primary N) is 1. The summed E-state index contributed by atoms with van der Waals surface area (Å²) in [5, 5.41) is 5.73. The standard InChI is InChI=1S/C20H25N3O2/c1-13(2)22-20(25)17-10-9-16(12-14(17)3)23-19(24)11-8-15-6-4-5-7-18(15)21/h4-7,9-10,12-13H,8,11,21H2,1-3H3,(H,22,25)(H,23,24). The summed E-state index contributed by atoms with van der Waals surface area (Å²) in [6, 6.07) is 12.9. The van der Waals surface area contributed by atoms with Crippen molar-refractivity contribution < 1.29 is 9.59 Å². The Morgan fingerprint density at radius 1 is 1.12 bits per heavy atom. The largest absolute Gasteiger partial charge is 0.399 e. The van der Waals surface area contributed by atoms with E-state index in [1.807, 2.05) is 51.1 Å². The molecule has 0 aliphatic heterocycles. The molecule has 0 atom stereocenters. The van der Waals surface area contributed by atoms with E-state index in [0.29, 0.717) is 29.8 Å². The van der Waals surface area contributed by atoms with Crippen molar-refractivity contribution in [3.8, 4) is 0 Å². The third-order valence-corrected chi connectivity index (χ3v) is 3.85. The molecule has 0 bridgehead atoms. The Hall–Kier alpha value is -2.82. The van der Waals surface area contributed by atoms with E-state index in [1.165, 1.54) is 0 Å². The van der Waals surface area contributed by atoms with Crippen LogP contribution in [0.2, 0.25) is 0 Å². The minimum atomic E-state index is -0.107. The minimum Gasteiger partial charge on any atom is -0.399 e. The molecule has 0 aromatic heterocycles. The highest BCUT2D eigenvalue weighted by Crippen LogP contribution is 2.17. The van der Waals surface area contributed by atoms with Gasteiger partial charge in [-0.2, -0.15) is 0 Å². The van der Waals surface area contributed by atoms with Gasteiger partial charge in [0.2, 0.25) is 5.91 Å². The zero-order valence-corrected chi connectivity index (χ0v) is 14.9. The average molecular weight is 339 g/mol. The fraction of sp³-hybridized carbons (Fsp3) is 0.300. The lowest BCUT2D eigenvalue weighted by atomic mass is 10.1. The minimum absolute atomic E-state index is 0.0803. The summed E-state index contributed by atoms with van der Waals surface area (Å²) in [6.07, 6.45) is 0.940. The maximum atomic E-state index is 12.1. The van der Waals surface area contributed by atoms with Gasteiger partial charge in [-0.1, -0.05) is 18.2 Å². The van der Waals surface area contributed by atoms with Gasteiger partial charge in [-0.25, -0.2) is 0 Å². The number of carbonyl (C=O) groups excluding carboxylic acids is 2. The van der Waals surface area contributed by atoms with Crippen LogP contribution in [-0.4, -0.2) is 17.9 Å². The molecule has 5 heteroatoms. The third-order valence-electron chi connectivity index (χ3n) is 3.85. The first-order valence-corrected chi connectivity index (χ1v) is 8.41. The number of hydrogen-bond donors (Lipinski definition) is 3. The van der Waals surface area contributed by atoms with Crippen LogP contribution in [0.5, 0.6) is 0 Å². The highest BCUT2D eigenvalue weighted by atomic mass is 16.2. The summed E-state index contributed by atoms with van der Waals surface area (Å²) in [4.78, 5) is 24.2. The van der Waals surface area contributed by atoms with Crippen LogP contribution in [0, 0.1) is 6.92 Å². The summed E-state index contributed by atoms with van der Waals surface area (Å²) in [6.45, 7) is 5.69. The quantitative estimate of drug-likeness (QED) is 0.706. The van der Waals surface area contributed by atoms with Gasteiger partial charge in [0.1, 0.15) is 0 Å². The SMILES string of the molecule is Cc1cc(NC(=O)CCc2ccccc2N)ccc1C(=O)NC(C)C. The normalized spacial score (nSPS) is 10.6. The van der Waals surface area contributed by atoms with E-state index < -0.39 is 0 Å². The van der Waals surface area contributed by atoms with Gasteiger partial charge in [-0.15, -0.1) is 0 Å². The van der Waals surface area contributed by atoms with Gasteiger partial charge >= 0.3 is 0 Å². The molecule has 0 unspecified atom stereocenters. The number of carbonyl (C=O) groups is 2. The molecule has 0 radical (unpaired) electrons. The van der Waals surface area contributed by atoms with Crippen molar-refractivity contribution in [2.75, 3.05) is 11.1 Å². The van der Waals surface area contributed by atoms with E-state index in [1.54, 1.807) is 12.1 Å². The number of nitrogen functional groups attached to an aromatic ring is 1. The molecule has 5 nitrogen and oxygen atoms in total. The molecule has 0 spiro atoms. The molecule has 2 rings (SSSR count). The molecule has 2 amide bonds. The molecule has 0 saturated heterocycles. The van der Waals surface area contributed by atoms with E-state index in [-0.39, 0.29) is 17.9 Å². The van der Waals surface area contributed by atoms with Crippen molar-refractivity contribution >= 4 is 23.2 Å². The van der Waals surface area contributed by atoms with Crippen molar-refractivity contribution in [2.45, 2.75) is 39.7 Å². The Morgan fingerprint density at radius 2 is 1.84 bits per heavy atom. The van der Waals surface area contributed by atoms with Gasteiger partial charge in [-0.05, 0) is 62.6 Å². The molecule has 0 fully saturated rings. The zero-order chi connectivity index (χ0) is 18.4. The Bertz CT molecular complexity index is 769. The number of nitrogens with one attached hydrogen (secondary N) is 2. The lowest BCUT2D eigenvalue weighted by Crippen LogP contribution is -2.30. The Balaban J connectivity index is 1.96. The topological polar surface area (TPSA) is 84.2 Å². The lowest BCUT2D eigenvalue weighted by Gasteiger charge is -2.12. The number of benzene rings is 2. The van der Waals surface area contributed by atoms with Crippen LogP contribution >= 0.6 is 0 Å². The first-order valence-electron chi connectivity index (χ1n) is 8.41. The molecule has 0 saturated carbocycles. The van der Waals surface area contributed by atoms with E-state index >= 15 is 0 Å². The van der Waals surface area contributed by atoms with Gasteiger partial charge in [0.05, 0.1) is 0 Å². The fourth-order valence-electron chi connectivity index (χ4n) is 2.57. The molecule has 25 heavy (non-hydrogen) atoms.